The molecule has 0 aromatic carbocycles. The third-order valence-electron chi connectivity index (χ3n) is 3.13. The van der Waals surface area contributed by atoms with E-state index in [1.807, 2.05) is 6.92 Å². The van der Waals surface area contributed by atoms with Crippen LogP contribution in [0.3, 0.4) is 0 Å². The van der Waals surface area contributed by atoms with Gasteiger partial charge in [0.05, 0.1) is 6.54 Å². The molecule has 9 heteroatoms. The van der Waals surface area contributed by atoms with Crippen molar-refractivity contribution in [2.75, 3.05) is 11.1 Å². The lowest BCUT2D eigenvalue weighted by atomic mass is 10.1. The molecule has 9 nitrogen and oxygen atoms in total. The van der Waals surface area contributed by atoms with Crippen molar-refractivity contribution in [1.29, 1.82) is 0 Å². The zero-order valence-corrected chi connectivity index (χ0v) is 12.5. The molecule has 2 heterocycles. The van der Waals surface area contributed by atoms with Gasteiger partial charge in [0.1, 0.15) is 18.5 Å². The molecule has 0 radical (unpaired) electrons. The fraction of sp³-hybridized carbons (Fsp3) is 0.462. The minimum absolute atomic E-state index is 0.0129. The fourth-order valence-electron chi connectivity index (χ4n) is 2.15. The Morgan fingerprint density at radius 2 is 2.27 bits per heavy atom. The van der Waals surface area contributed by atoms with E-state index in [1.165, 1.54) is 6.33 Å². The van der Waals surface area contributed by atoms with Gasteiger partial charge < -0.3 is 16.2 Å². The first-order chi connectivity index (χ1) is 10.5. The third-order valence-corrected chi connectivity index (χ3v) is 3.13. The van der Waals surface area contributed by atoms with Crippen molar-refractivity contribution in [2.24, 2.45) is 0 Å². The zero-order chi connectivity index (χ0) is 16.1. The van der Waals surface area contributed by atoms with Crippen molar-refractivity contribution in [1.82, 2.24) is 24.7 Å². The van der Waals surface area contributed by atoms with Crippen molar-refractivity contribution in [3.8, 4) is 0 Å². The van der Waals surface area contributed by atoms with Crippen LogP contribution in [0.1, 0.15) is 24.6 Å². The summed E-state index contributed by atoms with van der Waals surface area (Å²) >= 11 is 0. The van der Waals surface area contributed by atoms with Crippen LogP contribution in [0, 0.1) is 6.92 Å². The average Bonchev–Trinajstić information content (AvgIpc) is 2.89. The number of carboxylic acids is 1. The van der Waals surface area contributed by atoms with Crippen LogP contribution in [-0.4, -0.2) is 41.9 Å². The number of rotatable bonds is 7. The van der Waals surface area contributed by atoms with E-state index in [-0.39, 0.29) is 18.4 Å². The molecule has 0 amide bonds. The van der Waals surface area contributed by atoms with E-state index in [9.17, 15) is 4.79 Å². The average molecular weight is 305 g/mol. The molecule has 0 bridgehead atoms. The molecule has 0 aliphatic heterocycles. The van der Waals surface area contributed by atoms with Crippen LogP contribution >= 0.6 is 0 Å². The van der Waals surface area contributed by atoms with Crippen LogP contribution in [0.2, 0.25) is 0 Å². The van der Waals surface area contributed by atoms with Gasteiger partial charge in [0, 0.05) is 23.7 Å². The van der Waals surface area contributed by atoms with Gasteiger partial charge in [-0.05, 0) is 20.3 Å². The molecular formula is C13H19N7O2. The van der Waals surface area contributed by atoms with Crippen LogP contribution in [0.15, 0.2) is 12.7 Å². The topological polar surface area (TPSA) is 132 Å². The maximum atomic E-state index is 10.8. The maximum Gasteiger partial charge on any atom is 0.303 e. The summed E-state index contributed by atoms with van der Waals surface area (Å²) in [5, 5.41) is 16.1. The van der Waals surface area contributed by atoms with Crippen molar-refractivity contribution in [2.45, 2.75) is 39.3 Å². The predicted molar refractivity (Wildman–Crippen MR) is 80.2 cm³/mol. The van der Waals surface area contributed by atoms with Gasteiger partial charge in [0.15, 0.2) is 0 Å². The molecule has 0 unspecified atom stereocenters. The Morgan fingerprint density at radius 3 is 2.91 bits per heavy atom. The van der Waals surface area contributed by atoms with Crippen molar-refractivity contribution in [3.05, 3.63) is 23.9 Å². The van der Waals surface area contributed by atoms with Crippen molar-refractivity contribution >= 4 is 17.7 Å². The molecule has 4 N–H and O–H groups in total. The number of carboxylic acid groups (broad SMARTS) is 1. The number of anilines is 2. The van der Waals surface area contributed by atoms with Gasteiger partial charge in [-0.2, -0.15) is 10.1 Å². The highest BCUT2D eigenvalue weighted by molar-refractivity contribution is 5.67. The van der Waals surface area contributed by atoms with E-state index < -0.39 is 5.97 Å². The predicted octanol–water partition coefficient (Wildman–Crippen LogP) is 0.477. The molecule has 22 heavy (non-hydrogen) atoms. The number of aromatic nitrogens is 5. The molecule has 0 saturated carbocycles. The molecule has 0 spiro atoms. The van der Waals surface area contributed by atoms with Gasteiger partial charge in [-0.15, -0.1) is 0 Å². The molecule has 0 aliphatic carbocycles. The molecular weight excluding hydrogens is 286 g/mol. The number of hydrogen-bond donors (Lipinski definition) is 3. The first kappa shape index (κ1) is 15.7. The lowest BCUT2D eigenvalue weighted by Gasteiger charge is -2.18. The highest BCUT2D eigenvalue weighted by Crippen LogP contribution is 2.20. The smallest absolute Gasteiger partial charge is 0.303 e. The minimum atomic E-state index is -0.863. The van der Waals surface area contributed by atoms with Gasteiger partial charge >= 0.3 is 5.97 Å². The maximum absolute atomic E-state index is 10.8. The van der Waals surface area contributed by atoms with Gasteiger partial charge in [-0.25, -0.2) is 9.97 Å². The number of nitrogen functional groups attached to an aromatic ring is 1. The van der Waals surface area contributed by atoms with E-state index in [0.29, 0.717) is 24.5 Å². The van der Waals surface area contributed by atoms with E-state index in [2.05, 4.69) is 25.4 Å². The molecule has 2 aromatic rings. The monoisotopic (exact) mass is 305 g/mol. The largest absolute Gasteiger partial charge is 0.481 e. The fourth-order valence-corrected chi connectivity index (χ4v) is 2.15. The van der Waals surface area contributed by atoms with E-state index in [4.69, 9.17) is 10.8 Å². The zero-order valence-electron chi connectivity index (χ0n) is 12.5. The number of hydrogen-bond acceptors (Lipinski definition) is 7. The lowest BCUT2D eigenvalue weighted by molar-refractivity contribution is -0.136. The molecule has 118 valence electrons. The summed E-state index contributed by atoms with van der Waals surface area (Å²) in [6, 6.07) is 0.0129. The van der Waals surface area contributed by atoms with Crippen LogP contribution in [0.25, 0.3) is 0 Å². The summed E-state index contributed by atoms with van der Waals surface area (Å²) in [5.74, 6) is -0.135. The summed E-state index contributed by atoms with van der Waals surface area (Å²) in [6.45, 7) is 4.36. The molecule has 0 fully saturated rings. The summed E-state index contributed by atoms with van der Waals surface area (Å²) < 4.78 is 1.70. The Bertz CT molecular complexity index is 642. The molecule has 2 rings (SSSR count). The Balaban J connectivity index is 2.15. The SMILES string of the molecule is Cc1nc(N)nc(N[C@H](C)Cn2cncn2)c1CCC(=O)O. The Hall–Kier alpha value is -2.71. The number of aliphatic carboxylic acids is 1. The van der Waals surface area contributed by atoms with Crippen LogP contribution in [0.4, 0.5) is 11.8 Å². The van der Waals surface area contributed by atoms with Crippen LogP contribution in [0.5, 0.6) is 0 Å². The number of nitrogens with two attached hydrogens (primary N) is 1. The summed E-state index contributed by atoms with van der Waals surface area (Å²) in [4.78, 5) is 23.0. The molecule has 0 aliphatic rings. The molecule has 2 aromatic heterocycles. The second-order valence-electron chi connectivity index (χ2n) is 5.05. The van der Waals surface area contributed by atoms with E-state index in [0.717, 1.165) is 5.56 Å². The van der Waals surface area contributed by atoms with E-state index in [1.54, 1.807) is 17.9 Å². The number of aryl methyl sites for hydroxylation is 1. The van der Waals surface area contributed by atoms with Gasteiger partial charge in [0.2, 0.25) is 5.95 Å². The first-order valence-electron chi connectivity index (χ1n) is 6.89. The lowest BCUT2D eigenvalue weighted by Crippen LogP contribution is -2.24. The van der Waals surface area contributed by atoms with Crippen molar-refractivity contribution < 1.29 is 9.90 Å². The highest BCUT2D eigenvalue weighted by Gasteiger charge is 2.14. The Labute approximate surface area is 127 Å². The standard InChI is InChI=1S/C13H19N7O2/c1-8(5-20-7-15-6-16-20)17-12-10(3-4-11(21)22)9(2)18-13(14)19-12/h6-8H,3-5H2,1-2H3,(H,21,22)(H3,14,17,18,19)/t8-/m1/s1. The summed E-state index contributed by atoms with van der Waals surface area (Å²) in [6.07, 6.45) is 3.46. The molecule has 0 saturated heterocycles. The van der Waals surface area contributed by atoms with Gasteiger partial charge in [-0.3, -0.25) is 9.48 Å². The van der Waals surface area contributed by atoms with Crippen LogP contribution < -0.4 is 11.1 Å². The van der Waals surface area contributed by atoms with Gasteiger partial charge in [0.25, 0.3) is 0 Å². The quantitative estimate of drug-likeness (QED) is 0.672. The highest BCUT2D eigenvalue weighted by atomic mass is 16.4. The number of carbonyl (C=O) groups is 1. The minimum Gasteiger partial charge on any atom is -0.481 e. The second-order valence-corrected chi connectivity index (χ2v) is 5.05. The van der Waals surface area contributed by atoms with Crippen molar-refractivity contribution in [3.63, 3.8) is 0 Å². The number of nitrogens with one attached hydrogen (secondary N) is 1. The van der Waals surface area contributed by atoms with Crippen LogP contribution in [-0.2, 0) is 17.8 Å². The third kappa shape index (κ3) is 4.14. The molecule has 1 atom stereocenters. The van der Waals surface area contributed by atoms with E-state index >= 15 is 0 Å². The Kier molecular flexibility index (Phi) is 4.87. The first-order valence-corrected chi connectivity index (χ1v) is 6.89. The Morgan fingerprint density at radius 1 is 1.50 bits per heavy atom. The normalized spacial score (nSPS) is 12.1. The summed E-state index contributed by atoms with van der Waals surface area (Å²) in [7, 11) is 0. The van der Waals surface area contributed by atoms with Gasteiger partial charge in [-0.1, -0.05) is 0 Å². The number of nitrogens with zero attached hydrogens (tertiary/aromatic N) is 5. The second kappa shape index (κ2) is 6.83. The summed E-state index contributed by atoms with van der Waals surface area (Å²) in [5.41, 5.74) is 7.14.